The number of benzene rings is 1. The van der Waals surface area contributed by atoms with Gasteiger partial charge in [0.2, 0.25) is 5.89 Å². The molecule has 2 aromatic rings. The maximum atomic E-state index is 11.0. The smallest absolute Gasteiger partial charge is 0.407 e. The van der Waals surface area contributed by atoms with Gasteiger partial charge in [-0.25, -0.2) is 9.78 Å². The lowest BCUT2D eigenvalue weighted by molar-refractivity contribution is 0.0527. The van der Waals surface area contributed by atoms with Crippen molar-refractivity contribution in [3.63, 3.8) is 0 Å². The van der Waals surface area contributed by atoms with Gasteiger partial charge in [-0.2, -0.15) is 0 Å². The number of alkyl carbamates (subject to hydrolysis) is 1. The molecule has 1 aromatic heterocycles. The van der Waals surface area contributed by atoms with Gasteiger partial charge >= 0.3 is 6.09 Å². The molecule has 4 N–H and O–H groups in total. The van der Waals surface area contributed by atoms with Crippen LogP contribution in [0.5, 0.6) is 0 Å². The minimum atomic E-state index is -0.813. The summed E-state index contributed by atoms with van der Waals surface area (Å²) in [5, 5.41) is 12.0. The molecule has 0 saturated carbocycles. The van der Waals surface area contributed by atoms with Crippen LogP contribution in [0.2, 0.25) is 0 Å². The number of fused-ring (bicyclic) bond motifs is 1. The zero-order chi connectivity index (χ0) is 18.9. The van der Waals surface area contributed by atoms with Crippen LogP contribution in [0, 0.1) is 0 Å². The molecule has 1 atom stereocenters. The van der Waals surface area contributed by atoms with E-state index >= 15 is 0 Å². The third-order valence-corrected chi connectivity index (χ3v) is 3.02. The molecule has 0 spiro atoms. The monoisotopic (exact) mass is 351 g/mol. The van der Waals surface area contributed by atoms with E-state index in [1.54, 1.807) is 6.07 Å². The molecule has 0 radical (unpaired) electrons. The van der Waals surface area contributed by atoms with Gasteiger partial charge in [0.15, 0.2) is 5.58 Å². The van der Waals surface area contributed by atoms with Crippen molar-refractivity contribution in [1.29, 1.82) is 0 Å². The molecule has 2 rings (SSSR count). The lowest BCUT2D eigenvalue weighted by atomic mass is 10.2. The first kappa shape index (κ1) is 20.9. The molecule has 1 heterocycles. The first-order chi connectivity index (χ1) is 11.8. The van der Waals surface area contributed by atoms with Gasteiger partial charge < -0.3 is 25.3 Å². The standard InChI is InChI=1S/C9H10N2O2.C9H19NO2/c10-5-7(12)9-11-6-3-1-2-4-8(6)13-9;1-5-6-7-10-8(11)12-9(2,3)4/h1-4,7,12H,5,10H2;5-7H2,1-4H3,(H,10,11). The summed E-state index contributed by atoms with van der Waals surface area (Å²) in [6.45, 7) is 8.46. The van der Waals surface area contributed by atoms with E-state index in [1.807, 2.05) is 39.0 Å². The van der Waals surface area contributed by atoms with Gasteiger partial charge in [0.25, 0.3) is 0 Å². The van der Waals surface area contributed by atoms with Gasteiger partial charge in [0, 0.05) is 13.1 Å². The molecular weight excluding hydrogens is 322 g/mol. The lowest BCUT2D eigenvalue weighted by Crippen LogP contribution is -2.32. The van der Waals surface area contributed by atoms with Crippen molar-refractivity contribution in [3.05, 3.63) is 30.2 Å². The van der Waals surface area contributed by atoms with E-state index in [-0.39, 0.29) is 18.5 Å². The first-order valence-corrected chi connectivity index (χ1v) is 8.47. The van der Waals surface area contributed by atoms with E-state index < -0.39 is 11.7 Å². The van der Waals surface area contributed by atoms with Crippen LogP contribution in [-0.4, -0.2) is 34.9 Å². The third kappa shape index (κ3) is 8.00. The van der Waals surface area contributed by atoms with Crippen molar-refractivity contribution >= 4 is 17.2 Å². The number of nitrogens with zero attached hydrogens (tertiary/aromatic N) is 1. The number of rotatable bonds is 5. The zero-order valence-electron chi connectivity index (χ0n) is 15.4. The summed E-state index contributed by atoms with van der Waals surface area (Å²) in [5.74, 6) is 0.281. The fourth-order valence-corrected chi connectivity index (χ4v) is 1.81. The largest absolute Gasteiger partial charge is 0.444 e. The highest BCUT2D eigenvalue weighted by molar-refractivity contribution is 5.72. The summed E-state index contributed by atoms with van der Waals surface area (Å²) in [6.07, 6.45) is 0.943. The second-order valence-corrected chi connectivity index (χ2v) is 6.55. The molecule has 25 heavy (non-hydrogen) atoms. The van der Waals surface area contributed by atoms with E-state index in [2.05, 4.69) is 17.2 Å². The average molecular weight is 351 g/mol. The number of amides is 1. The molecule has 0 aliphatic heterocycles. The van der Waals surface area contributed by atoms with E-state index in [1.165, 1.54) is 0 Å². The van der Waals surface area contributed by atoms with E-state index in [4.69, 9.17) is 14.9 Å². The fraction of sp³-hybridized carbons (Fsp3) is 0.556. The van der Waals surface area contributed by atoms with Crippen molar-refractivity contribution in [2.75, 3.05) is 13.1 Å². The van der Waals surface area contributed by atoms with Crippen LogP contribution < -0.4 is 11.1 Å². The lowest BCUT2D eigenvalue weighted by Gasteiger charge is -2.19. The number of carbonyl (C=O) groups is 1. The Balaban J connectivity index is 0.000000252. The van der Waals surface area contributed by atoms with Gasteiger partial charge in [-0.05, 0) is 39.3 Å². The topological polar surface area (TPSA) is 111 Å². The highest BCUT2D eigenvalue weighted by Crippen LogP contribution is 2.18. The molecule has 140 valence electrons. The summed E-state index contributed by atoms with van der Waals surface area (Å²) >= 11 is 0. The van der Waals surface area contributed by atoms with Crippen molar-refractivity contribution in [2.45, 2.75) is 52.2 Å². The maximum Gasteiger partial charge on any atom is 0.407 e. The van der Waals surface area contributed by atoms with Crippen molar-refractivity contribution in [1.82, 2.24) is 10.3 Å². The minimum Gasteiger partial charge on any atom is -0.444 e. The van der Waals surface area contributed by atoms with Crippen LogP contribution in [0.1, 0.15) is 52.5 Å². The molecule has 7 nitrogen and oxygen atoms in total. The molecule has 0 saturated heterocycles. The molecule has 0 aliphatic rings. The number of aromatic nitrogens is 1. The average Bonchev–Trinajstić information content (AvgIpc) is 2.97. The van der Waals surface area contributed by atoms with Gasteiger partial charge in [-0.3, -0.25) is 0 Å². The van der Waals surface area contributed by atoms with Crippen LogP contribution >= 0.6 is 0 Å². The Morgan fingerprint density at radius 3 is 2.64 bits per heavy atom. The van der Waals surface area contributed by atoms with Crippen LogP contribution in [-0.2, 0) is 4.74 Å². The molecule has 0 fully saturated rings. The zero-order valence-corrected chi connectivity index (χ0v) is 15.4. The van der Waals surface area contributed by atoms with Crippen molar-refractivity contribution in [2.24, 2.45) is 5.73 Å². The molecule has 0 bridgehead atoms. The SMILES string of the molecule is CCCCNC(=O)OC(C)(C)C.NCC(O)c1nc2ccccc2o1. The number of unbranched alkanes of at least 4 members (excludes halogenated alkanes) is 1. The highest BCUT2D eigenvalue weighted by atomic mass is 16.6. The maximum absolute atomic E-state index is 11.0. The minimum absolute atomic E-state index is 0.118. The Hall–Kier alpha value is -2.12. The Morgan fingerprint density at radius 2 is 2.08 bits per heavy atom. The number of oxazole rings is 1. The fourth-order valence-electron chi connectivity index (χ4n) is 1.81. The number of para-hydroxylation sites is 2. The summed E-state index contributed by atoms with van der Waals surface area (Å²) in [5.41, 5.74) is 6.30. The van der Waals surface area contributed by atoms with E-state index in [0.29, 0.717) is 12.1 Å². The summed E-state index contributed by atoms with van der Waals surface area (Å²) < 4.78 is 10.3. The molecular formula is C18H29N3O4. The summed E-state index contributed by atoms with van der Waals surface area (Å²) in [7, 11) is 0. The molecule has 7 heteroatoms. The predicted octanol–water partition coefficient (Wildman–Crippen LogP) is 3.13. The number of aliphatic hydroxyl groups is 1. The Kier molecular flexibility index (Phi) is 8.37. The van der Waals surface area contributed by atoms with Gasteiger partial charge in [-0.15, -0.1) is 0 Å². The molecule has 0 aliphatic carbocycles. The number of nitrogens with one attached hydrogen (secondary N) is 1. The van der Waals surface area contributed by atoms with Gasteiger partial charge in [-0.1, -0.05) is 25.5 Å². The molecule has 1 amide bonds. The van der Waals surface area contributed by atoms with Crippen LogP contribution in [0.15, 0.2) is 28.7 Å². The Labute approximate surface area is 148 Å². The number of ether oxygens (including phenoxy) is 1. The Bertz CT molecular complexity index is 616. The van der Waals surface area contributed by atoms with E-state index in [9.17, 15) is 9.90 Å². The van der Waals surface area contributed by atoms with Crippen molar-refractivity contribution < 1.29 is 19.1 Å². The van der Waals surface area contributed by atoms with Crippen LogP contribution in [0.4, 0.5) is 4.79 Å². The number of nitrogens with two attached hydrogens (primary N) is 1. The van der Waals surface area contributed by atoms with E-state index in [0.717, 1.165) is 18.4 Å². The van der Waals surface area contributed by atoms with Gasteiger partial charge in [0.05, 0.1) is 0 Å². The Morgan fingerprint density at radius 1 is 1.40 bits per heavy atom. The summed E-state index contributed by atoms with van der Waals surface area (Å²) in [6, 6.07) is 7.34. The molecule has 1 aromatic carbocycles. The predicted molar refractivity (Wildman–Crippen MR) is 97.2 cm³/mol. The second kappa shape index (κ2) is 10.0. The first-order valence-electron chi connectivity index (χ1n) is 8.47. The number of hydrogen-bond donors (Lipinski definition) is 3. The number of carbonyl (C=O) groups excluding carboxylic acids is 1. The van der Waals surface area contributed by atoms with Crippen LogP contribution in [0.3, 0.4) is 0 Å². The number of hydrogen-bond acceptors (Lipinski definition) is 6. The highest BCUT2D eigenvalue weighted by Gasteiger charge is 2.15. The normalized spacial score (nSPS) is 12.2. The third-order valence-electron chi connectivity index (χ3n) is 3.02. The van der Waals surface area contributed by atoms with Crippen LogP contribution in [0.25, 0.3) is 11.1 Å². The number of aliphatic hydroxyl groups excluding tert-OH is 1. The quantitative estimate of drug-likeness (QED) is 0.714. The second-order valence-electron chi connectivity index (χ2n) is 6.55. The van der Waals surface area contributed by atoms with Crippen molar-refractivity contribution in [3.8, 4) is 0 Å². The summed E-state index contributed by atoms with van der Waals surface area (Å²) in [4.78, 5) is 15.1. The molecule has 1 unspecified atom stereocenters. The van der Waals surface area contributed by atoms with Gasteiger partial charge in [0.1, 0.15) is 17.2 Å².